The summed E-state index contributed by atoms with van der Waals surface area (Å²) in [6, 6.07) is 0.499. The first-order valence-electron chi connectivity index (χ1n) is 6.24. The van der Waals surface area contributed by atoms with Crippen molar-refractivity contribution in [3.05, 3.63) is 11.1 Å². The van der Waals surface area contributed by atoms with Crippen LogP contribution in [-0.4, -0.2) is 11.9 Å². The highest BCUT2D eigenvalue weighted by atomic mass is 16.2. The molecule has 82 valence electrons. The van der Waals surface area contributed by atoms with E-state index in [0.29, 0.717) is 17.9 Å². The lowest BCUT2D eigenvalue weighted by Gasteiger charge is -2.39. The van der Waals surface area contributed by atoms with E-state index in [0.717, 1.165) is 18.8 Å². The molecule has 1 amide bonds. The van der Waals surface area contributed by atoms with Gasteiger partial charge in [-0.25, -0.2) is 0 Å². The lowest BCUT2D eigenvalue weighted by atomic mass is 9.78. The first-order chi connectivity index (χ1) is 7.25. The molecule has 1 N–H and O–H groups in total. The number of hydrogen-bond donors (Lipinski definition) is 1. The largest absolute Gasteiger partial charge is 0.352 e. The highest BCUT2D eigenvalue weighted by Gasteiger charge is 2.40. The highest BCUT2D eigenvalue weighted by molar-refractivity contribution is 5.85. The van der Waals surface area contributed by atoms with E-state index in [1.807, 2.05) is 0 Å². The quantitative estimate of drug-likeness (QED) is 0.517. The number of fused-ring (bicyclic) bond motifs is 1. The SMILES string of the molecule is C/C1=C(\C2CC2)CC[C@H]2NC(=O)[C@H]2CC1. The van der Waals surface area contributed by atoms with Crippen LogP contribution in [0.5, 0.6) is 0 Å². The van der Waals surface area contributed by atoms with Gasteiger partial charge in [0.25, 0.3) is 0 Å². The van der Waals surface area contributed by atoms with Crippen LogP contribution in [0.25, 0.3) is 0 Å². The van der Waals surface area contributed by atoms with Gasteiger partial charge in [0.05, 0.1) is 5.92 Å². The summed E-state index contributed by atoms with van der Waals surface area (Å²) in [6.07, 6.45) is 7.47. The van der Waals surface area contributed by atoms with Crippen molar-refractivity contribution in [3.63, 3.8) is 0 Å². The molecule has 3 aliphatic rings. The molecule has 15 heavy (non-hydrogen) atoms. The summed E-state index contributed by atoms with van der Waals surface area (Å²) in [5.74, 6) is 1.54. The van der Waals surface area contributed by atoms with Crippen molar-refractivity contribution in [2.45, 2.75) is 51.5 Å². The van der Waals surface area contributed by atoms with Gasteiger partial charge in [-0.15, -0.1) is 0 Å². The number of carbonyl (C=O) groups is 1. The minimum absolute atomic E-state index is 0.294. The van der Waals surface area contributed by atoms with Gasteiger partial charge in [0.2, 0.25) is 5.91 Å². The molecule has 1 saturated heterocycles. The summed E-state index contributed by atoms with van der Waals surface area (Å²) in [6.45, 7) is 2.28. The molecule has 1 aliphatic heterocycles. The van der Waals surface area contributed by atoms with Crippen LogP contribution in [0.2, 0.25) is 0 Å². The van der Waals surface area contributed by atoms with Gasteiger partial charge in [-0.3, -0.25) is 4.79 Å². The minimum Gasteiger partial charge on any atom is -0.352 e. The molecular formula is C13H19NO. The van der Waals surface area contributed by atoms with Crippen LogP contribution >= 0.6 is 0 Å². The Bertz CT molecular complexity index is 327. The smallest absolute Gasteiger partial charge is 0.225 e. The molecule has 2 heteroatoms. The Morgan fingerprint density at radius 2 is 1.93 bits per heavy atom. The monoisotopic (exact) mass is 205 g/mol. The van der Waals surface area contributed by atoms with Crippen LogP contribution in [0.3, 0.4) is 0 Å². The molecular weight excluding hydrogens is 186 g/mol. The summed E-state index contributed by atoms with van der Waals surface area (Å²) in [7, 11) is 0. The molecule has 0 unspecified atom stereocenters. The van der Waals surface area contributed by atoms with Gasteiger partial charge in [0.1, 0.15) is 0 Å². The standard InChI is InChI=1S/C13H19NO/c1-8-2-5-11-12(14-13(11)15)7-6-10(8)9-3-4-9/h9,11-12H,2-7H2,1H3,(H,14,15)/b10-8+/t11-,12+/m0/s1. The first-order valence-corrected chi connectivity index (χ1v) is 6.24. The minimum atomic E-state index is 0.294. The molecule has 1 heterocycles. The molecule has 2 fully saturated rings. The van der Waals surface area contributed by atoms with Crippen LogP contribution in [0, 0.1) is 11.8 Å². The van der Waals surface area contributed by atoms with Crippen molar-refractivity contribution in [1.82, 2.24) is 5.32 Å². The zero-order valence-electron chi connectivity index (χ0n) is 9.38. The Hall–Kier alpha value is -0.790. The second kappa shape index (κ2) is 3.36. The zero-order chi connectivity index (χ0) is 10.4. The lowest BCUT2D eigenvalue weighted by molar-refractivity contribution is -0.135. The summed E-state index contributed by atoms with van der Waals surface area (Å²) >= 11 is 0. The van der Waals surface area contributed by atoms with E-state index < -0.39 is 0 Å². The predicted molar refractivity (Wildman–Crippen MR) is 59.3 cm³/mol. The van der Waals surface area contributed by atoms with Gasteiger partial charge < -0.3 is 5.32 Å². The summed E-state index contributed by atoms with van der Waals surface area (Å²) in [5, 5.41) is 3.05. The molecule has 2 nitrogen and oxygen atoms in total. The first kappa shape index (κ1) is 9.44. The van der Waals surface area contributed by atoms with Gasteiger partial charge in [-0.1, -0.05) is 11.1 Å². The average Bonchev–Trinajstić information content (AvgIpc) is 2.98. The predicted octanol–water partition coefficient (Wildman–Crippen LogP) is 2.40. The number of β-lactam (4-membered cyclic amide) rings is 1. The van der Waals surface area contributed by atoms with E-state index in [1.54, 1.807) is 11.1 Å². The molecule has 0 spiro atoms. The van der Waals surface area contributed by atoms with Crippen molar-refractivity contribution in [1.29, 1.82) is 0 Å². The van der Waals surface area contributed by atoms with Gasteiger partial charge in [0.15, 0.2) is 0 Å². The molecule has 3 rings (SSSR count). The summed E-state index contributed by atoms with van der Waals surface area (Å²) < 4.78 is 0. The van der Waals surface area contributed by atoms with Crippen molar-refractivity contribution in [3.8, 4) is 0 Å². The summed E-state index contributed by atoms with van der Waals surface area (Å²) in [5.41, 5.74) is 3.32. The van der Waals surface area contributed by atoms with Crippen LogP contribution < -0.4 is 5.32 Å². The Labute approximate surface area is 91.1 Å². The number of allylic oxidation sites excluding steroid dienone is 2. The fourth-order valence-electron chi connectivity index (χ4n) is 3.12. The molecule has 0 aromatic heterocycles. The molecule has 2 aliphatic carbocycles. The van der Waals surface area contributed by atoms with Crippen molar-refractivity contribution >= 4 is 5.91 Å². The second-order valence-electron chi connectivity index (χ2n) is 5.38. The average molecular weight is 205 g/mol. The van der Waals surface area contributed by atoms with E-state index in [-0.39, 0.29) is 0 Å². The number of carbonyl (C=O) groups excluding carboxylic acids is 1. The number of hydrogen-bond acceptors (Lipinski definition) is 1. The van der Waals surface area contributed by atoms with Gasteiger partial charge >= 0.3 is 0 Å². The lowest BCUT2D eigenvalue weighted by Crippen LogP contribution is -2.58. The maximum Gasteiger partial charge on any atom is 0.225 e. The van der Waals surface area contributed by atoms with E-state index in [1.165, 1.54) is 25.7 Å². The molecule has 0 aromatic carbocycles. The fraction of sp³-hybridized carbons (Fsp3) is 0.769. The van der Waals surface area contributed by atoms with Crippen molar-refractivity contribution in [2.75, 3.05) is 0 Å². The van der Waals surface area contributed by atoms with Gasteiger partial charge in [0, 0.05) is 6.04 Å². The van der Waals surface area contributed by atoms with E-state index in [4.69, 9.17) is 0 Å². The highest BCUT2D eigenvalue weighted by Crippen LogP contribution is 2.43. The van der Waals surface area contributed by atoms with E-state index in [2.05, 4.69) is 12.2 Å². The molecule has 0 radical (unpaired) electrons. The van der Waals surface area contributed by atoms with Crippen LogP contribution in [0.15, 0.2) is 11.1 Å². The Balaban J connectivity index is 1.75. The van der Waals surface area contributed by atoms with Crippen molar-refractivity contribution in [2.24, 2.45) is 11.8 Å². The van der Waals surface area contributed by atoms with E-state index in [9.17, 15) is 4.79 Å². The number of nitrogens with one attached hydrogen (secondary N) is 1. The van der Waals surface area contributed by atoms with Crippen molar-refractivity contribution < 1.29 is 4.79 Å². The molecule has 0 bridgehead atoms. The third-order valence-electron chi connectivity index (χ3n) is 4.32. The number of amides is 1. The van der Waals surface area contributed by atoms with Crippen LogP contribution in [0.4, 0.5) is 0 Å². The topological polar surface area (TPSA) is 29.1 Å². The molecule has 1 saturated carbocycles. The molecule has 2 atom stereocenters. The zero-order valence-corrected chi connectivity index (χ0v) is 9.38. The Morgan fingerprint density at radius 3 is 2.60 bits per heavy atom. The Kier molecular flexibility index (Phi) is 2.11. The maximum atomic E-state index is 11.3. The Morgan fingerprint density at radius 1 is 1.13 bits per heavy atom. The maximum absolute atomic E-state index is 11.3. The van der Waals surface area contributed by atoms with Gasteiger partial charge in [-0.2, -0.15) is 0 Å². The van der Waals surface area contributed by atoms with Gasteiger partial charge in [-0.05, 0) is 51.4 Å². The number of rotatable bonds is 1. The normalized spacial score (nSPS) is 41.0. The third-order valence-corrected chi connectivity index (χ3v) is 4.32. The van der Waals surface area contributed by atoms with Crippen LogP contribution in [0.1, 0.15) is 45.4 Å². The second-order valence-corrected chi connectivity index (χ2v) is 5.38. The van der Waals surface area contributed by atoms with E-state index >= 15 is 0 Å². The fourth-order valence-corrected chi connectivity index (χ4v) is 3.12. The van der Waals surface area contributed by atoms with Crippen LogP contribution in [-0.2, 0) is 4.79 Å². The molecule has 0 aromatic rings. The third kappa shape index (κ3) is 1.60. The summed E-state index contributed by atoms with van der Waals surface area (Å²) in [4.78, 5) is 11.3.